The van der Waals surface area contributed by atoms with E-state index in [2.05, 4.69) is 42.5 Å². The molecule has 0 aliphatic heterocycles. The van der Waals surface area contributed by atoms with E-state index < -0.39 is 52.0 Å². The Labute approximate surface area is 281 Å². The average molecular weight is 763 g/mol. The summed E-state index contributed by atoms with van der Waals surface area (Å²) in [5.74, 6) is -0.412. The van der Waals surface area contributed by atoms with Crippen LogP contribution in [0.3, 0.4) is 0 Å². The maximum Gasteiger partial charge on any atom is 0.232 e. The van der Waals surface area contributed by atoms with Crippen molar-refractivity contribution in [1.82, 2.24) is 0 Å². The van der Waals surface area contributed by atoms with Crippen LogP contribution in [0, 0.1) is 32.5 Å². The van der Waals surface area contributed by atoms with E-state index in [0.717, 1.165) is 0 Å². The predicted octanol–water partition coefficient (Wildman–Crippen LogP) is 6.71. The van der Waals surface area contributed by atoms with E-state index in [4.69, 9.17) is 0 Å². The molecule has 2 amide bonds. The molecular formula is C34H38Br2N2O6S. The normalized spacial score (nSPS) is 35.9. The van der Waals surface area contributed by atoms with Crippen molar-refractivity contribution in [2.24, 2.45) is 32.5 Å². The number of alkyl halides is 2. The van der Waals surface area contributed by atoms with Crippen molar-refractivity contribution in [3.05, 3.63) is 48.5 Å². The van der Waals surface area contributed by atoms with Gasteiger partial charge in [0.1, 0.15) is 0 Å². The predicted molar refractivity (Wildman–Crippen MR) is 178 cm³/mol. The van der Waals surface area contributed by atoms with E-state index in [-0.39, 0.29) is 33.2 Å². The topological polar surface area (TPSA) is 126 Å². The molecular weight excluding hydrogens is 724 g/mol. The minimum atomic E-state index is -3.90. The molecule has 240 valence electrons. The van der Waals surface area contributed by atoms with Crippen molar-refractivity contribution in [2.45, 2.75) is 86.7 Å². The quantitative estimate of drug-likeness (QED) is 0.315. The highest BCUT2D eigenvalue weighted by molar-refractivity contribution is 9.10. The number of anilines is 2. The van der Waals surface area contributed by atoms with Crippen LogP contribution in [0.1, 0.15) is 67.2 Å². The van der Waals surface area contributed by atoms with Crippen LogP contribution in [0.2, 0.25) is 0 Å². The molecule has 2 aromatic rings. The average Bonchev–Trinajstić information content (AvgIpc) is 3.43. The molecule has 11 heteroatoms. The third-order valence-corrected chi connectivity index (χ3v) is 17.3. The molecule has 6 unspecified atom stereocenters. The lowest BCUT2D eigenvalue weighted by atomic mass is 9.64. The summed E-state index contributed by atoms with van der Waals surface area (Å²) in [7, 11) is -3.90. The maximum atomic E-state index is 13.7. The fraction of sp³-hybridized carbons (Fsp3) is 0.529. The van der Waals surface area contributed by atoms with Crippen molar-refractivity contribution < 1.29 is 27.6 Å². The standard InChI is InChI=1S/C34H38Br2N2O6S/c1-29(2)31(5)15-17-33(29,23(35)25(31)39)27(41)37-19-7-11-21(12-8-19)45(43,44)22-13-9-20(10-14-22)38-28(42)34-18-16-32(6,30(34,3)4)26(40)24(34)36/h7-14,23-24H,15-18H2,1-6H3,(H,37,41)(H,38,42). The van der Waals surface area contributed by atoms with Gasteiger partial charge in [-0.2, -0.15) is 0 Å². The second kappa shape index (κ2) is 9.83. The number of rotatable bonds is 6. The number of carbonyl (C=O) groups is 4. The first-order chi connectivity index (χ1) is 20.8. The number of benzene rings is 2. The molecule has 0 radical (unpaired) electrons. The van der Waals surface area contributed by atoms with Gasteiger partial charge in [0.15, 0.2) is 11.6 Å². The van der Waals surface area contributed by atoms with Crippen molar-refractivity contribution in [1.29, 1.82) is 0 Å². The molecule has 4 fully saturated rings. The van der Waals surface area contributed by atoms with Gasteiger partial charge in [0.25, 0.3) is 0 Å². The van der Waals surface area contributed by atoms with Crippen LogP contribution in [0.25, 0.3) is 0 Å². The van der Waals surface area contributed by atoms with Crippen LogP contribution in [0.15, 0.2) is 58.3 Å². The van der Waals surface area contributed by atoms with Crippen molar-refractivity contribution >= 4 is 76.5 Å². The van der Waals surface area contributed by atoms with Crippen LogP contribution in [-0.2, 0) is 29.0 Å². The summed E-state index contributed by atoms with van der Waals surface area (Å²) >= 11 is 7.07. The fourth-order valence-electron chi connectivity index (χ4n) is 8.97. The van der Waals surface area contributed by atoms with E-state index in [1.807, 2.05) is 41.5 Å². The smallest absolute Gasteiger partial charge is 0.232 e. The highest BCUT2D eigenvalue weighted by Crippen LogP contribution is 2.73. The van der Waals surface area contributed by atoms with E-state index in [1.54, 1.807) is 24.3 Å². The lowest BCUT2D eigenvalue weighted by Gasteiger charge is -2.39. The van der Waals surface area contributed by atoms with Crippen LogP contribution >= 0.6 is 31.9 Å². The van der Waals surface area contributed by atoms with Gasteiger partial charge in [0, 0.05) is 22.2 Å². The number of hydrogen-bond acceptors (Lipinski definition) is 6. The van der Waals surface area contributed by atoms with Crippen LogP contribution in [0.5, 0.6) is 0 Å². The summed E-state index contributed by atoms with van der Waals surface area (Å²) in [6.45, 7) is 11.8. The first-order valence-electron chi connectivity index (χ1n) is 15.2. The van der Waals surface area contributed by atoms with Crippen LogP contribution < -0.4 is 10.6 Å². The first kappa shape index (κ1) is 32.6. The molecule has 6 rings (SSSR count). The van der Waals surface area contributed by atoms with E-state index >= 15 is 0 Å². The highest BCUT2D eigenvalue weighted by Gasteiger charge is 2.77. The van der Waals surface area contributed by atoms with Crippen molar-refractivity contribution in [3.63, 3.8) is 0 Å². The Bertz CT molecular complexity index is 1650. The van der Waals surface area contributed by atoms with Crippen LogP contribution in [-0.4, -0.2) is 41.5 Å². The third kappa shape index (κ3) is 3.77. The van der Waals surface area contributed by atoms with Crippen molar-refractivity contribution in [3.8, 4) is 0 Å². The Hall–Kier alpha value is -2.37. The maximum absolute atomic E-state index is 13.7. The molecule has 4 aliphatic rings. The Balaban J connectivity index is 1.17. The van der Waals surface area contributed by atoms with Gasteiger partial charge < -0.3 is 10.6 Å². The minimum Gasteiger partial charge on any atom is -0.326 e. The third-order valence-electron chi connectivity index (χ3n) is 13.1. The van der Waals surface area contributed by atoms with Gasteiger partial charge in [-0.05, 0) is 85.0 Å². The van der Waals surface area contributed by atoms with E-state index in [9.17, 15) is 27.6 Å². The zero-order chi connectivity index (χ0) is 33.2. The second-order valence-corrected chi connectivity index (χ2v) is 18.6. The number of amides is 2. The Kier molecular flexibility index (Phi) is 7.11. The molecule has 8 nitrogen and oxygen atoms in total. The molecule has 4 aliphatic carbocycles. The number of Topliss-reactive ketones (excluding diaryl/α,β-unsaturated/α-hetero) is 2. The minimum absolute atomic E-state index is 0.0481. The molecule has 2 N–H and O–H groups in total. The zero-order valence-electron chi connectivity index (χ0n) is 26.2. The summed E-state index contributed by atoms with van der Waals surface area (Å²) in [5.41, 5.74) is -3.22. The van der Waals surface area contributed by atoms with Gasteiger partial charge in [-0.25, -0.2) is 8.42 Å². The van der Waals surface area contributed by atoms with Gasteiger partial charge in [-0.3, -0.25) is 19.2 Å². The van der Waals surface area contributed by atoms with Gasteiger partial charge in [0.2, 0.25) is 21.7 Å². The Morgan fingerprint density at radius 1 is 0.622 bits per heavy atom. The number of fused-ring (bicyclic) bond motifs is 4. The summed E-state index contributed by atoms with van der Waals surface area (Å²) in [5, 5.41) is 5.87. The zero-order valence-corrected chi connectivity index (χ0v) is 30.2. The number of ketones is 2. The van der Waals surface area contributed by atoms with E-state index in [0.29, 0.717) is 37.1 Å². The molecule has 2 aromatic carbocycles. The van der Waals surface area contributed by atoms with Gasteiger partial charge >= 0.3 is 0 Å². The van der Waals surface area contributed by atoms with Gasteiger partial charge in [0.05, 0.1) is 30.3 Å². The second-order valence-electron chi connectivity index (χ2n) is 14.8. The van der Waals surface area contributed by atoms with Gasteiger partial charge in [-0.15, -0.1) is 0 Å². The van der Waals surface area contributed by atoms with Gasteiger partial charge in [-0.1, -0.05) is 73.4 Å². The lowest BCUT2D eigenvalue weighted by molar-refractivity contribution is -0.131. The lowest BCUT2D eigenvalue weighted by Crippen LogP contribution is -2.48. The molecule has 45 heavy (non-hydrogen) atoms. The van der Waals surface area contributed by atoms with E-state index in [1.165, 1.54) is 24.3 Å². The summed E-state index contributed by atoms with van der Waals surface area (Å²) in [6, 6.07) is 12.0. The molecule has 4 bridgehead atoms. The number of sulfone groups is 1. The Morgan fingerprint density at radius 2 is 0.933 bits per heavy atom. The summed E-state index contributed by atoms with van der Waals surface area (Å²) in [6.07, 6.45) is 2.45. The number of nitrogens with one attached hydrogen (secondary N) is 2. The molecule has 0 spiro atoms. The first-order valence-corrected chi connectivity index (χ1v) is 18.5. The monoisotopic (exact) mass is 760 g/mol. The summed E-state index contributed by atoms with van der Waals surface area (Å²) in [4.78, 5) is 52.4. The molecule has 0 aromatic heterocycles. The molecule has 0 saturated heterocycles. The molecule has 6 atom stereocenters. The van der Waals surface area contributed by atoms with Crippen LogP contribution in [0.4, 0.5) is 11.4 Å². The molecule has 0 heterocycles. The number of hydrogen-bond donors (Lipinski definition) is 2. The highest BCUT2D eigenvalue weighted by atomic mass is 79.9. The largest absolute Gasteiger partial charge is 0.326 e. The van der Waals surface area contributed by atoms with Crippen molar-refractivity contribution in [2.75, 3.05) is 10.6 Å². The molecule has 4 saturated carbocycles. The SMILES string of the molecule is CC12CCC(C(=O)Nc3ccc(S(=O)(=O)c4ccc(NC(=O)C56CCC(C)(C(=O)C5Br)C6(C)C)cc4)cc3)(C(Br)C1=O)C2(C)C. The fourth-order valence-corrected chi connectivity index (χ4v) is 13.3. The Morgan fingerprint density at radius 3 is 1.20 bits per heavy atom. The number of halogens is 2. The summed E-state index contributed by atoms with van der Waals surface area (Å²) < 4.78 is 26.9. The number of carbonyl (C=O) groups excluding carboxylic acids is 4.